The zero-order valence-electron chi connectivity index (χ0n) is 30.7. The predicted octanol–water partition coefficient (Wildman–Crippen LogP) is 11.0. The van der Waals surface area contributed by atoms with Crippen LogP contribution in [0.25, 0.3) is 0 Å². The zero-order valence-corrected chi connectivity index (χ0v) is 31.7. The molecule has 8 atom stereocenters. The molecule has 0 saturated heterocycles. The maximum atomic E-state index is 7.37. The minimum Gasteiger partial charge on any atom is -0.414 e. The average Bonchev–Trinajstić information content (AvgIpc) is 3.16. The van der Waals surface area contributed by atoms with E-state index < -0.39 is 8.32 Å². The summed E-state index contributed by atoms with van der Waals surface area (Å²) in [7, 11) is 1.89. The molecule has 4 heteroatoms. The molecular formula is C38H70O3Si. The van der Waals surface area contributed by atoms with E-state index in [1.54, 1.807) is 0 Å². The number of hydrogen-bond acceptors (Lipinski definition) is 3. The molecule has 0 aromatic rings. The van der Waals surface area contributed by atoms with Crippen LogP contribution in [0.4, 0.5) is 0 Å². The normalized spacial score (nSPS) is 38.5. The summed E-state index contributed by atoms with van der Waals surface area (Å²) in [4.78, 5) is 0. The van der Waals surface area contributed by atoms with Gasteiger partial charge in [-0.25, -0.2) is 0 Å². The van der Waals surface area contributed by atoms with E-state index in [9.17, 15) is 0 Å². The Hall–Kier alpha value is -0.163. The van der Waals surface area contributed by atoms with Crippen LogP contribution in [-0.2, 0) is 13.9 Å². The van der Waals surface area contributed by atoms with E-state index in [2.05, 4.69) is 89.3 Å². The summed E-state index contributed by atoms with van der Waals surface area (Å²) in [5, 5.41) is 0.212. The van der Waals surface area contributed by atoms with E-state index in [4.69, 9.17) is 13.9 Å². The van der Waals surface area contributed by atoms with Crippen LogP contribution in [0.2, 0.25) is 18.1 Å². The second-order valence-electron chi connectivity index (χ2n) is 18.7. The zero-order chi connectivity index (χ0) is 31.7. The van der Waals surface area contributed by atoms with Crippen LogP contribution in [0.3, 0.4) is 0 Å². The van der Waals surface area contributed by atoms with Gasteiger partial charge in [-0.15, -0.1) is 0 Å². The molecule has 0 bridgehead atoms. The van der Waals surface area contributed by atoms with Gasteiger partial charge in [-0.3, -0.25) is 0 Å². The second-order valence-corrected chi connectivity index (χ2v) is 23.5. The Bertz CT molecular complexity index is 1020. The predicted molar refractivity (Wildman–Crippen MR) is 181 cm³/mol. The fourth-order valence-corrected chi connectivity index (χ4v) is 12.2. The molecule has 0 aromatic carbocycles. The van der Waals surface area contributed by atoms with Crippen LogP contribution in [0.15, 0.2) is 11.1 Å². The Morgan fingerprint density at radius 1 is 0.857 bits per heavy atom. The van der Waals surface area contributed by atoms with Gasteiger partial charge in [-0.05, 0) is 136 Å². The van der Waals surface area contributed by atoms with E-state index >= 15 is 0 Å². The van der Waals surface area contributed by atoms with E-state index in [-0.39, 0.29) is 16.1 Å². The smallest absolute Gasteiger partial charge is 0.192 e. The molecule has 3 nitrogen and oxygen atoms in total. The lowest BCUT2D eigenvalue weighted by molar-refractivity contribution is -0.112. The summed E-state index contributed by atoms with van der Waals surface area (Å²) in [6, 6.07) is 0. The van der Waals surface area contributed by atoms with Crippen LogP contribution in [-0.4, -0.2) is 40.3 Å². The molecule has 0 N–H and O–H groups in total. The molecule has 2 fully saturated rings. The third-order valence-electron chi connectivity index (χ3n) is 15.1. The van der Waals surface area contributed by atoms with Crippen molar-refractivity contribution in [3.05, 3.63) is 11.1 Å². The summed E-state index contributed by atoms with van der Waals surface area (Å²) in [5.74, 6) is 1.96. The highest BCUT2D eigenvalue weighted by molar-refractivity contribution is 6.74. The van der Waals surface area contributed by atoms with E-state index in [1.807, 2.05) is 25.4 Å². The van der Waals surface area contributed by atoms with Crippen LogP contribution in [0.1, 0.15) is 140 Å². The molecule has 4 aliphatic carbocycles. The molecule has 0 heterocycles. The molecule has 4 rings (SSSR count). The third kappa shape index (κ3) is 5.47. The van der Waals surface area contributed by atoms with Gasteiger partial charge in [-0.2, -0.15) is 0 Å². The summed E-state index contributed by atoms with van der Waals surface area (Å²) in [5.41, 5.74) is 4.86. The number of rotatable bonds is 9. The van der Waals surface area contributed by atoms with Gasteiger partial charge in [0, 0.05) is 20.3 Å². The number of fused-ring (bicyclic) bond motifs is 4. The largest absolute Gasteiger partial charge is 0.414 e. The lowest BCUT2D eigenvalue weighted by atomic mass is 9.43. The monoisotopic (exact) mass is 603 g/mol. The van der Waals surface area contributed by atoms with Crippen molar-refractivity contribution in [2.24, 2.45) is 39.4 Å². The molecule has 2 saturated carbocycles. The quantitative estimate of drug-likeness (QED) is 0.194. The highest BCUT2D eigenvalue weighted by Gasteiger charge is 2.64. The van der Waals surface area contributed by atoms with Crippen molar-refractivity contribution < 1.29 is 13.9 Å². The fourth-order valence-electron chi connectivity index (χ4n) is 10.8. The molecule has 244 valence electrons. The Kier molecular flexibility index (Phi) is 9.31. The van der Waals surface area contributed by atoms with Gasteiger partial charge in [0.15, 0.2) is 8.32 Å². The van der Waals surface area contributed by atoms with Crippen molar-refractivity contribution in [2.75, 3.05) is 14.2 Å². The molecule has 0 aliphatic heterocycles. The minimum atomic E-state index is -1.92. The maximum absolute atomic E-state index is 7.37. The minimum absolute atomic E-state index is 0.114. The van der Waals surface area contributed by atoms with Crippen molar-refractivity contribution in [3.8, 4) is 0 Å². The van der Waals surface area contributed by atoms with Gasteiger partial charge >= 0.3 is 0 Å². The van der Waals surface area contributed by atoms with Crippen LogP contribution >= 0.6 is 0 Å². The maximum Gasteiger partial charge on any atom is 0.192 e. The molecule has 0 amide bonds. The molecule has 0 radical (unpaired) electrons. The number of methoxy groups -OCH3 is 2. The number of hydrogen-bond donors (Lipinski definition) is 0. The standard InChI is InChI=1S/C38H70O3Si/c1-26(30(20-22-34(5,6)40-13)41-42(14,15)33(2,3)4)27-18-24-38(11)29-16-17-31-35(7,8)32(39-12)21-23-36(31,9)28(29)19-25-37(27,38)10/h26-27,30-32H,16-25H2,1-15H3/t26-,27+,30?,31?,32-,36+,37+,38-/m0/s1. The van der Waals surface area contributed by atoms with E-state index in [0.29, 0.717) is 40.3 Å². The number of allylic oxidation sites excluding steroid dienone is 2. The summed E-state index contributed by atoms with van der Waals surface area (Å²) < 4.78 is 19.3. The molecule has 0 aromatic heterocycles. The van der Waals surface area contributed by atoms with Crippen molar-refractivity contribution in [3.63, 3.8) is 0 Å². The molecule has 0 spiro atoms. The first-order valence-corrected chi connectivity index (χ1v) is 20.5. The Labute approximate surface area is 262 Å². The van der Waals surface area contributed by atoms with Gasteiger partial charge in [-0.1, -0.05) is 73.5 Å². The molecule has 4 aliphatic rings. The van der Waals surface area contributed by atoms with Crippen molar-refractivity contribution in [1.29, 1.82) is 0 Å². The Morgan fingerprint density at radius 3 is 2.07 bits per heavy atom. The number of ether oxygens (including phenoxy) is 2. The SMILES string of the molecule is CO[C@H]1CC[C@]2(C)C3=C(CCC2C1(C)C)[C@]1(C)CC[C@H]([C@H](C)C(CCC(C)(C)OC)O[Si](C)(C)C(C)(C)C)[C@@]1(C)CC3. The van der Waals surface area contributed by atoms with Crippen LogP contribution in [0.5, 0.6) is 0 Å². The summed E-state index contributed by atoms with van der Waals surface area (Å²) >= 11 is 0. The Morgan fingerprint density at radius 2 is 1.50 bits per heavy atom. The van der Waals surface area contributed by atoms with Gasteiger partial charge in [0.25, 0.3) is 0 Å². The lowest BCUT2D eigenvalue weighted by Gasteiger charge is -2.62. The molecular weight excluding hydrogens is 533 g/mol. The summed E-state index contributed by atoms with van der Waals surface area (Å²) in [6.45, 7) is 32.2. The topological polar surface area (TPSA) is 27.7 Å². The Balaban J connectivity index is 1.66. The average molecular weight is 603 g/mol. The summed E-state index contributed by atoms with van der Waals surface area (Å²) in [6.07, 6.45) is 13.3. The highest BCUT2D eigenvalue weighted by atomic mass is 28.4. The molecule has 42 heavy (non-hydrogen) atoms. The van der Waals surface area contributed by atoms with Crippen molar-refractivity contribution in [1.82, 2.24) is 0 Å². The first-order chi connectivity index (χ1) is 19.1. The third-order valence-corrected chi connectivity index (χ3v) is 19.6. The van der Waals surface area contributed by atoms with Gasteiger partial charge in [0.1, 0.15) is 0 Å². The van der Waals surface area contributed by atoms with Gasteiger partial charge < -0.3 is 13.9 Å². The first kappa shape index (κ1) is 34.7. The van der Waals surface area contributed by atoms with E-state index in [0.717, 1.165) is 18.8 Å². The highest BCUT2D eigenvalue weighted by Crippen LogP contribution is 2.72. The second kappa shape index (κ2) is 11.3. The van der Waals surface area contributed by atoms with Crippen molar-refractivity contribution in [2.45, 2.75) is 176 Å². The van der Waals surface area contributed by atoms with Crippen LogP contribution in [0, 0.1) is 39.4 Å². The first-order valence-electron chi connectivity index (χ1n) is 17.6. The molecule has 2 unspecified atom stereocenters. The van der Waals surface area contributed by atoms with E-state index in [1.165, 1.54) is 51.4 Å². The van der Waals surface area contributed by atoms with Crippen molar-refractivity contribution >= 4 is 8.32 Å². The fraction of sp³-hybridized carbons (Fsp3) is 0.947. The lowest BCUT2D eigenvalue weighted by Crippen LogP contribution is -2.55. The van der Waals surface area contributed by atoms with Gasteiger partial charge in [0.05, 0.1) is 11.7 Å². The van der Waals surface area contributed by atoms with Gasteiger partial charge in [0.2, 0.25) is 0 Å². The van der Waals surface area contributed by atoms with Crippen LogP contribution < -0.4 is 0 Å².